The van der Waals surface area contributed by atoms with Crippen LogP contribution in [0.25, 0.3) is 0 Å². The number of halogens is 6. The van der Waals surface area contributed by atoms with Crippen molar-refractivity contribution in [3.05, 3.63) is 10.9 Å². The van der Waals surface area contributed by atoms with E-state index in [-0.39, 0.29) is 0 Å². The van der Waals surface area contributed by atoms with Gasteiger partial charge in [-0.1, -0.05) is 11.6 Å². The monoisotopic (exact) mass is 178 g/mol. The first-order valence-electron chi connectivity index (χ1n) is 2.13. The SMILES string of the molecule is FC1=C(Cl)C(F)(F)C1(F)F. The number of alkyl halides is 4. The zero-order valence-corrected chi connectivity index (χ0v) is 5.02. The van der Waals surface area contributed by atoms with E-state index in [9.17, 15) is 22.0 Å². The molecule has 0 amide bonds. The van der Waals surface area contributed by atoms with Crippen molar-refractivity contribution in [3.8, 4) is 0 Å². The van der Waals surface area contributed by atoms with E-state index in [0.29, 0.717) is 0 Å². The highest BCUT2D eigenvalue weighted by Crippen LogP contribution is 2.57. The van der Waals surface area contributed by atoms with Gasteiger partial charge >= 0.3 is 11.8 Å². The van der Waals surface area contributed by atoms with Crippen LogP contribution < -0.4 is 0 Å². The quantitative estimate of drug-likeness (QED) is 0.501. The molecule has 0 aliphatic heterocycles. The van der Waals surface area contributed by atoms with Crippen molar-refractivity contribution >= 4 is 11.6 Å². The topological polar surface area (TPSA) is 0 Å². The van der Waals surface area contributed by atoms with Crippen LogP contribution in [0.5, 0.6) is 0 Å². The zero-order chi connectivity index (χ0) is 8.15. The second kappa shape index (κ2) is 1.64. The van der Waals surface area contributed by atoms with Crippen LogP contribution in [-0.2, 0) is 0 Å². The third-order valence-corrected chi connectivity index (χ3v) is 1.54. The lowest BCUT2D eigenvalue weighted by Gasteiger charge is -2.33. The normalized spacial score (nSPS) is 28.2. The third kappa shape index (κ3) is 0.563. The van der Waals surface area contributed by atoms with Crippen molar-refractivity contribution in [2.24, 2.45) is 0 Å². The summed E-state index contributed by atoms with van der Waals surface area (Å²) in [6.45, 7) is 0. The van der Waals surface area contributed by atoms with Crippen LogP contribution in [0.3, 0.4) is 0 Å². The maximum Gasteiger partial charge on any atom is 0.367 e. The van der Waals surface area contributed by atoms with Gasteiger partial charge in [-0.05, 0) is 0 Å². The van der Waals surface area contributed by atoms with Gasteiger partial charge in [-0.15, -0.1) is 0 Å². The van der Waals surface area contributed by atoms with E-state index in [0.717, 1.165) is 0 Å². The number of allylic oxidation sites excluding steroid dienone is 2. The fourth-order valence-electron chi connectivity index (χ4n) is 0.489. The van der Waals surface area contributed by atoms with Crippen LogP contribution >= 0.6 is 11.6 Å². The van der Waals surface area contributed by atoms with Crippen molar-refractivity contribution in [3.63, 3.8) is 0 Å². The molecule has 0 spiro atoms. The van der Waals surface area contributed by atoms with Gasteiger partial charge in [0.1, 0.15) is 5.03 Å². The van der Waals surface area contributed by atoms with Gasteiger partial charge < -0.3 is 0 Å². The molecule has 1 rings (SSSR count). The maximum absolute atomic E-state index is 11.8. The molecule has 0 saturated heterocycles. The lowest BCUT2D eigenvalue weighted by molar-refractivity contribution is -0.197. The van der Waals surface area contributed by atoms with Gasteiger partial charge in [-0.3, -0.25) is 0 Å². The molecule has 0 unspecified atom stereocenters. The Bertz CT molecular complexity index is 184. The Kier molecular flexibility index (Phi) is 1.27. The summed E-state index contributed by atoms with van der Waals surface area (Å²) in [4.78, 5) is 0. The molecule has 10 heavy (non-hydrogen) atoms. The van der Waals surface area contributed by atoms with Crippen LogP contribution in [0, 0.1) is 0 Å². The minimum atomic E-state index is -4.70. The van der Waals surface area contributed by atoms with Crippen LogP contribution in [0.15, 0.2) is 10.9 Å². The Labute approximate surface area is 57.3 Å². The molecule has 0 nitrogen and oxygen atoms in total. The summed E-state index contributed by atoms with van der Waals surface area (Å²) < 4.78 is 58.6. The van der Waals surface area contributed by atoms with Gasteiger partial charge in [0, 0.05) is 0 Å². The summed E-state index contributed by atoms with van der Waals surface area (Å²) in [5.74, 6) is -11.5. The Balaban J connectivity index is 3.10. The van der Waals surface area contributed by atoms with E-state index in [1.165, 1.54) is 0 Å². The van der Waals surface area contributed by atoms with E-state index in [1.807, 2.05) is 0 Å². The summed E-state index contributed by atoms with van der Waals surface area (Å²) in [7, 11) is 0. The second-order valence-electron chi connectivity index (χ2n) is 1.78. The van der Waals surface area contributed by atoms with Crippen molar-refractivity contribution < 1.29 is 22.0 Å². The molecule has 0 aromatic rings. The average molecular weight is 178 g/mol. The maximum atomic E-state index is 11.8. The summed E-state index contributed by atoms with van der Waals surface area (Å²) in [5.41, 5.74) is 0. The molecule has 1 aliphatic rings. The smallest absolute Gasteiger partial charge is 0.203 e. The molecule has 0 saturated carbocycles. The van der Waals surface area contributed by atoms with Gasteiger partial charge in [0.15, 0.2) is 5.83 Å². The van der Waals surface area contributed by atoms with Crippen LogP contribution in [0.4, 0.5) is 22.0 Å². The van der Waals surface area contributed by atoms with Crippen LogP contribution in [0.2, 0.25) is 0 Å². The number of hydrogen-bond acceptors (Lipinski definition) is 0. The van der Waals surface area contributed by atoms with E-state index >= 15 is 0 Å². The first kappa shape index (κ1) is 7.78. The molecule has 0 N–H and O–H groups in total. The van der Waals surface area contributed by atoms with Crippen LogP contribution in [0.1, 0.15) is 0 Å². The lowest BCUT2D eigenvalue weighted by atomic mass is 9.99. The summed E-state index contributed by atoms with van der Waals surface area (Å²) in [6.07, 6.45) is 0. The third-order valence-electron chi connectivity index (χ3n) is 1.14. The highest BCUT2D eigenvalue weighted by atomic mass is 35.5. The minimum absolute atomic E-state index is 1.70. The zero-order valence-electron chi connectivity index (χ0n) is 4.27. The van der Waals surface area contributed by atoms with E-state index < -0.39 is 22.7 Å². The molecule has 0 aromatic heterocycles. The molecule has 0 heterocycles. The van der Waals surface area contributed by atoms with Crippen molar-refractivity contribution in [1.82, 2.24) is 0 Å². The largest absolute Gasteiger partial charge is 0.367 e. The number of rotatable bonds is 0. The Morgan fingerprint density at radius 2 is 1.40 bits per heavy atom. The van der Waals surface area contributed by atoms with Crippen LogP contribution in [-0.4, -0.2) is 11.8 Å². The first-order valence-corrected chi connectivity index (χ1v) is 2.51. The van der Waals surface area contributed by atoms with Gasteiger partial charge in [-0.2, -0.15) is 17.6 Å². The van der Waals surface area contributed by atoms with Crippen molar-refractivity contribution in [1.29, 1.82) is 0 Å². The lowest BCUT2D eigenvalue weighted by Crippen LogP contribution is -2.50. The van der Waals surface area contributed by atoms with E-state index in [4.69, 9.17) is 0 Å². The Hall–Kier alpha value is -0.320. The highest BCUT2D eigenvalue weighted by molar-refractivity contribution is 6.32. The Morgan fingerprint density at radius 1 is 1.00 bits per heavy atom. The first-order chi connectivity index (χ1) is 4.32. The predicted molar refractivity (Wildman–Crippen MR) is 23.9 cm³/mol. The molecule has 0 aromatic carbocycles. The fraction of sp³-hybridized carbons (Fsp3) is 0.500. The molecular weight excluding hydrogens is 178 g/mol. The van der Waals surface area contributed by atoms with E-state index in [2.05, 4.69) is 11.6 Å². The molecule has 0 radical (unpaired) electrons. The minimum Gasteiger partial charge on any atom is -0.203 e. The molecule has 0 fully saturated rings. The van der Waals surface area contributed by atoms with Gasteiger partial charge in [0.2, 0.25) is 0 Å². The van der Waals surface area contributed by atoms with Gasteiger partial charge in [0.25, 0.3) is 0 Å². The predicted octanol–water partition coefficient (Wildman–Crippen LogP) is 2.69. The molecule has 6 heteroatoms. The standard InChI is InChI=1S/C4ClF5/c5-1-2(6)4(9,10)3(1,7)8. The molecular formula is C4ClF5. The van der Waals surface area contributed by atoms with E-state index in [1.54, 1.807) is 0 Å². The molecule has 58 valence electrons. The summed E-state index contributed by atoms with van der Waals surface area (Å²) in [5, 5.41) is -1.70. The molecule has 0 bridgehead atoms. The van der Waals surface area contributed by atoms with Gasteiger partial charge in [-0.25, -0.2) is 4.39 Å². The summed E-state index contributed by atoms with van der Waals surface area (Å²) >= 11 is 4.45. The fourth-order valence-corrected chi connectivity index (χ4v) is 0.726. The Morgan fingerprint density at radius 3 is 1.50 bits per heavy atom. The van der Waals surface area contributed by atoms with Gasteiger partial charge in [0.05, 0.1) is 0 Å². The second-order valence-corrected chi connectivity index (χ2v) is 2.15. The van der Waals surface area contributed by atoms with Crippen molar-refractivity contribution in [2.75, 3.05) is 0 Å². The highest BCUT2D eigenvalue weighted by Gasteiger charge is 2.72. The average Bonchev–Trinajstić information content (AvgIpc) is 1.84. The summed E-state index contributed by atoms with van der Waals surface area (Å²) in [6, 6.07) is 0. The van der Waals surface area contributed by atoms with Crippen molar-refractivity contribution in [2.45, 2.75) is 11.8 Å². The molecule has 0 atom stereocenters. The molecule has 1 aliphatic carbocycles. The number of hydrogen-bond donors (Lipinski definition) is 0.